The average molecular weight is 247 g/mol. The Morgan fingerprint density at radius 1 is 1.39 bits per heavy atom. The number of rotatable bonds is 3. The number of aryl methyl sites for hydroxylation is 1. The minimum absolute atomic E-state index is 0.0264. The van der Waals surface area contributed by atoms with E-state index in [-0.39, 0.29) is 17.0 Å². The van der Waals surface area contributed by atoms with Gasteiger partial charge >= 0.3 is 0 Å². The number of aromatic nitrogens is 1. The van der Waals surface area contributed by atoms with E-state index in [9.17, 15) is 9.59 Å². The molecule has 0 saturated carbocycles. The number of aromatic amines is 1. The van der Waals surface area contributed by atoms with Crippen LogP contribution in [0.3, 0.4) is 0 Å². The van der Waals surface area contributed by atoms with Gasteiger partial charge in [-0.25, -0.2) is 0 Å². The van der Waals surface area contributed by atoms with Gasteiger partial charge in [0.25, 0.3) is 5.56 Å². The molecule has 1 heterocycles. The van der Waals surface area contributed by atoms with Crippen molar-refractivity contribution < 1.29 is 4.79 Å². The summed E-state index contributed by atoms with van der Waals surface area (Å²) in [6, 6.07) is 1.90. The van der Waals surface area contributed by atoms with Gasteiger partial charge in [-0.15, -0.1) is 0 Å². The Kier molecular flexibility index (Phi) is 4.27. The molecular formula is C13H17N3O2. The minimum Gasteiger partial charge on any atom is -0.349 e. The maximum Gasteiger partial charge on any atom is 0.266 e. The maximum atomic E-state index is 11.5. The average Bonchev–Trinajstić information content (AvgIpc) is 2.28. The molecule has 0 aromatic carbocycles. The number of hydrogen-bond acceptors (Lipinski definition) is 3. The molecule has 0 unspecified atom stereocenters. The highest BCUT2D eigenvalue weighted by Gasteiger charge is 2.13. The van der Waals surface area contributed by atoms with Crippen molar-refractivity contribution in [1.82, 2.24) is 9.88 Å². The van der Waals surface area contributed by atoms with Crippen LogP contribution in [-0.4, -0.2) is 29.9 Å². The van der Waals surface area contributed by atoms with Crippen LogP contribution in [0.5, 0.6) is 0 Å². The second-order valence-corrected chi connectivity index (χ2v) is 4.46. The number of hydrogen-bond donors (Lipinski definition) is 1. The fraction of sp³-hybridized carbons (Fsp3) is 0.462. The molecule has 0 spiro atoms. The van der Waals surface area contributed by atoms with Gasteiger partial charge in [0.2, 0.25) is 5.91 Å². The number of carbonyl (C=O) groups is 1. The number of nitrogens with one attached hydrogen (secondary N) is 1. The molecule has 0 bridgehead atoms. The summed E-state index contributed by atoms with van der Waals surface area (Å²) in [6.45, 7) is 3.53. The molecule has 5 heteroatoms. The van der Waals surface area contributed by atoms with Crippen LogP contribution in [-0.2, 0) is 11.2 Å². The number of amides is 1. The van der Waals surface area contributed by atoms with Crippen LogP contribution in [0.15, 0.2) is 4.79 Å². The van der Waals surface area contributed by atoms with E-state index in [1.54, 1.807) is 27.9 Å². The molecule has 96 valence electrons. The van der Waals surface area contributed by atoms with Gasteiger partial charge in [0.05, 0.1) is 0 Å². The lowest BCUT2D eigenvalue weighted by Crippen LogP contribution is -2.23. The normalized spacial score (nSPS) is 9.94. The van der Waals surface area contributed by atoms with Crippen LogP contribution in [0.25, 0.3) is 0 Å². The van der Waals surface area contributed by atoms with Crippen LogP contribution in [0, 0.1) is 25.2 Å². The monoisotopic (exact) mass is 247 g/mol. The Bertz CT molecular complexity index is 565. The largest absolute Gasteiger partial charge is 0.349 e. The molecule has 5 nitrogen and oxygen atoms in total. The van der Waals surface area contributed by atoms with E-state index >= 15 is 0 Å². The number of carbonyl (C=O) groups excluding carboxylic acids is 1. The van der Waals surface area contributed by atoms with Crippen LogP contribution in [0.4, 0.5) is 0 Å². The molecule has 0 atom stereocenters. The predicted molar refractivity (Wildman–Crippen MR) is 68.3 cm³/mol. The van der Waals surface area contributed by atoms with E-state index in [1.807, 2.05) is 6.07 Å². The third-order valence-electron chi connectivity index (χ3n) is 3.01. The molecule has 1 amide bonds. The molecule has 1 aromatic heterocycles. The van der Waals surface area contributed by atoms with Crippen molar-refractivity contribution in [2.45, 2.75) is 26.7 Å². The molecule has 1 aromatic rings. The first kappa shape index (κ1) is 14.0. The van der Waals surface area contributed by atoms with Gasteiger partial charge in [-0.2, -0.15) is 5.26 Å². The Hall–Kier alpha value is -2.09. The third-order valence-corrected chi connectivity index (χ3v) is 3.01. The Balaban J connectivity index is 3.08. The predicted octanol–water partition coefficient (Wildman–Crippen LogP) is 0.884. The zero-order chi connectivity index (χ0) is 13.9. The van der Waals surface area contributed by atoms with E-state index in [0.717, 1.165) is 11.3 Å². The highest BCUT2D eigenvalue weighted by Crippen LogP contribution is 2.15. The summed E-state index contributed by atoms with van der Waals surface area (Å²) in [7, 11) is 3.41. The maximum absolute atomic E-state index is 11.5. The summed E-state index contributed by atoms with van der Waals surface area (Å²) < 4.78 is 0. The van der Waals surface area contributed by atoms with Crippen LogP contribution in [0.1, 0.15) is 28.8 Å². The minimum atomic E-state index is -0.366. The SMILES string of the molecule is Cc1[nH]c(=O)c(C#N)c(C)c1CCC(=O)N(C)C. The molecule has 0 aliphatic heterocycles. The van der Waals surface area contributed by atoms with Crippen LogP contribution in [0.2, 0.25) is 0 Å². The lowest BCUT2D eigenvalue weighted by molar-refractivity contribution is -0.128. The van der Waals surface area contributed by atoms with Gasteiger partial charge < -0.3 is 9.88 Å². The summed E-state index contributed by atoms with van der Waals surface area (Å²) in [4.78, 5) is 27.3. The van der Waals surface area contributed by atoms with Crippen LogP contribution >= 0.6 is 0 Å². The molecule has 0 aliphatic rings. The summed E-state index contributed by atoms with van der Waals surface area (Å²) in [6.07, 6.45) is 0.895. The van der Waals surface area contributed by atoms with Crippen molar-refractivity contribution in [2.75, 3.05) is 14.1 Å². The molecular weight excluding hydrogens is 230 g/mol. The zero-order valence-electron chi connectivity index (χ0n) is 11.1. The highest BCUT2D eigenvalue weighted by atomic mass is 16.2. The lowest BCUT2D eigenvalue weighted by atomic mass is 9.99. The topological polar surface area (TPSA) is 77.0 Å². The van der Waals surface area contributed by atoms with E-state index in [2.05, 4.69) is 4.98 Å². The van der Waals surface area contributed by atoms with Crippen molar-refractivity contribution in [3.05, 3.63) is 32.7 Å². The van der Waals surface area contributed by atoms with E-state index in [4.69, 9.17) is 5.26 Å². The zero-order valence-corrected chi connectivity index (χ0v) is 11.1. The summed E-state index contributed by atoms with van der Waals surface area (Å²) >= 11 is 0. The van der Waals surface area contributed by atoms with E-state index in [0.29, 0.717) is 18.4 Å². The fourth-order valence-corrected chi connectivity index (χ4v) is 1.88. The van der Waals surface area contributed by atoms with E-state index in [1.165, 1.54) is 4.90 Å². The van der Waals surface area contributed by atoms with Crippen molar-refractivity contribution >= 4 is 5.91 Å². The second kappa shape index (κ2) is 5.50. The lowest BCUT2D eigenvalue weighted by Gasteiger charge is -2.13. The summed E-state index contributed by atoms with van der Waals surface area (Å²) in [5.41, 5.74) is 2.04. The third kappa shape index (κ3) is 2.77. The number of nitriles is 1. The number of pyridine rings is 1. The Morgan fingerprint density at radius 2 is 2.00 bits per heavy atom. The Morgan fingerprint density at radius 3 is 2.50 bits per heavy atom. The molecule has 0 aliphatic carbocycles. The van der Waals surface area contributed by atoms with Gasteiger partial charge in [0.15, 0.2) is 0 Å². The van der Waals surface area contributed by atoms with Gasteiger partial charge in [0.1, 0.15) is 11.6 Å². The van der Waals surface area contributed by atoms with Crippen molar-refractivity contribution in [2.24, 2.45) is 0 Å². The molecule has 1 rings (SSSR count). The second-order valence-electron chi connectivity index (χ2n) is 4.46. The van der Waals surface area contributed by atoms with Gasteiger partial charge in [-0.3, -0.25) is 9.59 Å². The smallest absolute Gasteiger partial charge is 0.266 e. The highest BCUT2D eigenvalue weighted by molar-refractivity contribution is 5.75. The van der Waals surface area contributed by atoms with Crippen molar-refractivity contribution in [3.63, 3.8) is 0 Å². The molecule has 18 heavy (non-hydrogen) atoms. The van der Waals surface area contributed by atoms with Gasteiger partial charge in [-0.05, 0) is 31.4 Å². The van der Waals surface area contributed by atoms with Gasteiger partial charge in [0, 0.05) is 26.2 Å². The first-order valence-electron chi connectivity index (χ1n) is 5.71. The quantitative estimate of drug-likeness (QED) is 0.861. The fourth-order valence-electron chi connectivity index (χ4n) is 1.88. The van der Waals surface area contributed by atoms with Crippen molar-refractivity contribution in [1.29, 1.82) is 5.26 Å². The first-order chi connectivity index (χ1) is 8.38. The van der Waals surface area contributed by atoms with Gasteiger partial charge in [-0.1, -0.05) is 0 Å². The summed E-state index contributed by atoms with van der Waals surface area (Å²) in [5, 5.41) is 8.94. The summed E-state index contributed by atoms with van der Waals surface area (Å²) in [5.74, 6) is 0.0264. The standard InChI is InChI=1S/C13H17N3O2/c1-8-10(5-6-12(17)16(3)4)9(2)15-13(18)11(8)7-14/h5-6H2,1-4H3,(H,15,18). The first-order valence-corrected chi connectivity index (χ1v) is 5.71. The molecule has 0 fully saturated rings. The molecule has 0 saturated heterocycles. The number of nitrogens with zero attached hydrogens (tertiary/aromatic N) is 2. The Labute approximate surface area is 106 Å². The molecule has 0 radical (unpaired) electrons. The number of H-pyrrole nitrogens is 1. The van der Waals surface area contributed by atoms with E-state index < -0.39 is 0 Å². The molecule has 1 N–H and O–H groups in total. The van der Waals surface area contributed by atoms with Crippen molar-refractivity contribution in [3.8, 4) is 6.07 Å². The van der Waals surface area contributed by atoms with Crippen LogP contribution < -0.4 is 5.56 Å².